The van der Waals surface area contributed by atoms with Gasteiger partial charge in [-0.1, -0.05) is 30.0 Å². The number of nitrogens with zero attached hydrogens (tertiary/aromatic N) is 2. The molecule has 2 aromatic carbocycles. The van der Waals surface area contributed by atoms with E-state index in [0.29, 0.717) is 17.5 Å². The minimum absolute atomic E-state index is 0.0114. The maximum absolute atomic E-state index is 12.8. The molecule has 32 heavy (non-hydrogen) atoms. The van der Waals surface area contributed by atoms with Crippen LogP contribution in [0.1, 0.15) is 44.9 Å². The summed E-state index contributed by atoms with van der Waals surface area (Å²) in [5.41, 5.74) is 5.83. The van der Waals surface area contributed by atoms with Gasteiger partial charge in [0.2, 0.25) is 0 Å². The Morgan fingerprint density at radius 2 is 1.84 bits per heavy atom. The van der Waals surface area contributed by atoms with Crippen molar-refractivity contribution in [3.63, 3.8) is 0 Å². The molecule has 0 radical (unpaired) electrons. The third-order valence-electron chi connectivity index (χ3n) is 5.82. The highest BCUT2D eigenvalue weighted by Gasteiger charge is 2.29. The molecule has 1 aromatic heterocycles. The third-order valence-corrected chi connectivity index (χ3v) is 7.59. The summed E-state index contributed by atoms with van der Waals surface area (Å²) in [6.45, 7) is 6.00. The first-order valence-corrected chi connectivity index (χ1v) is 12.3. The molecule has 1 amide bonds. The van der Waals surface area contributed by atoms with Crippen LogP contribution in [0.15, 0.2) is 48.5 Å². The fraction of sp³-hybridized carbons (Fsp3) is 0.280. The maximum atomic E-state index is 12.8. The number of benzene rings is 2. The molecule has 1 aliphatic heterocycles. The number of aromatic nitrogens is 2. The van der Waals surface area contributed by atoms with Gasteiger partial charge < -0.3 is 5.32 Å². The van der Waals surface area contributed by atoms with Gasteiger partial charge in [-0.15, -0.1) is 0 Å². The smallest absolute Gasteiger partial charge is 0.251 e. The van der Waals surface area contributed by atoms with E-state index in [1.54, 1.807) is 12.1 Å². The van der Waals surface area contributed by atoms with E-state index in [-0.39, 0.29) is 23.5 Å². The predicted molar refractivity (Wildman–Crippen MR) is 125 cm³/mol. The lowest BCUT2D eigenvalue weighted by atomic mass is 10.1. The molecule has 164 valence electrons. The number of carbonyl (C=O) groups is 1. The number of amides is 1. The summed E-state index contributed by atoms with van der Waals surface area (Å²) in [5, 5.41) is 7.50. The summed E-state index contributed by atoms with van der Waals surface area (Å²) in [5.74, 6) is 6.16. The van der Waals surface area contributed by atoms with E-state index in [2.05, 4.69) is 22.3 Å². The molecule has 0 saturated carbocycles. The van der Waals surface area contributed by atoms with Crippen LogP contribution in [0.3, 0.4) is 0 Å². The Balaban J connectivity index is 1.72. The summed E-state index contributed by atoms with van der Waals surface area (Å²) in [6.07, 6.45) is 0.442. The van der Waals surface area contributed by atoms with Gasteiger partial charge in [-0.2, -0.15) is 5.10 Å². The molecule has 7 heteroatoms. The first-order valence-electron chi connectivity index (χ1n) is 10.5. The Hall–Kier alpha value is -3.37. The number of hydrogen-bond donors (Lipinski definition) is 1. The van der Waals surface area contributed by atoms with Crippen LogP contribution < -0.4 is 5.32 Å². The van der Waals surface area contributed by atoms with Gasteiger partial charge in [-0.3, -0.25) is 4.79 Å². The number of rotatable bonds is 3. The average Bonchev–Trinajstić information content (AvgIpc) is 3.25. The standard InChI is InChI=1S/C25H25N3O3S/c1-17-18(2)27-28(19(17)3)24-12-11-22(25(29)26-23-13-14-32(30,31)16-23)15-21(24)10-9-20-7-5-4-6-8-20/h4-8,11-12,15,23H,13-14,16H2,1-3H3,(H,26,29). The highest BCUT2D eigenvalue weighted by atomic mass is 32.2. The van der Waals surface area contributed by atoms with Gasteiger partial charge in [0.25, 0.3) is 5.91 Å². The number of hydrogen-bond acceptors (Lipinski definition) is 4. The Morgan fingerprint density at radius 3 is 2.47 bits per heavy atom. The minimum atomic E-state index is -3.07. The zero-order valence-corrected chi connectivity index (χ0v) is 19.2. The molecule has 1 unspecified atom stereocenters. The predicted octanol–water partition coefficient (Wildman–Crippen LogP) is 3.11. The summed E-state index contributed by atoms with van der Waals surface area (Å²) < 4.78 is 25.3. The summed E-state index contributed by atoms with van der Waals surface area (Å²) in [7, 11) is -3.07. The molecular formula is C25H25N3O3S. The molecule has 4 rings (SSSR count). The number of carbonyl (C=O) groups excluding carboxylic acids is 1. The number of nitrogens with one attached hydrogen (secondary N) is 1. The quantitative estimate of drug-likeness (QED) is 0.626. The first kappa shape index (κ1) is 21.8. The molecular weight excluding hydrogens is 422 g/mol. The van der Waals surface area contributed by atoms with Crippen molar-refractivity contribution in [3.8, 4) is 17.5 Å². The summed E-state index contributed by atoms with van der Waals surface area (Å²) in [6, 6.07) is 14.6. The Bertz CT molecular complexity index is 1350. The van der Waals surface area contributed by atoms with E-state index in [9.17, 15) is 13.2 Å². The van der Waals surface area contributed by atoms with Crippen LogP contribution in [0.25, 0.3) is 5.69 Å². The van der Waals surface area contributed by atoms with Crippen molar-refractivity contribution in [2.75, 3.05) is 11.5 Å². The zero-order chi connectivity index (χ0) is 22.9. The summed E-state index contributed by atoms with van der Waals surface area (Å²) in [4.78, 5) is 12.8. The SMILES string of the molecule is Cc1nn(-c2ccc(C(=O)NC3CCS(=O)(=O)C3)cc2C#Cc2ccccc2)c(C)c1C. The maximum Gasteiger partial charge on any atom is 0.251 e. The van der Waals surface area contributed by atoms with E-state index in [0.717, 1.165) is 28.2 Å². The van der Waals surface area contributed by atoms with E-state index < -0.39 is 9.84 Å². The molecule has 3 aromatic rings. The van der Waals surface area contributed by atoms with Crippen molar-refractivity contribution in [2.24, 2.45) is 0 Å². The molecule has 1 saturated heterocycles. The second-order valence-corrected chi connectivity index (χ2v) is 10.4. The van der Waals surface area contributed by atoms with Crippen molar-refractivity contribution < 1.29 is 13.2 Å². The third kappa shape index (κ3) is 4.61. The molecule has 1 N–H and O–H groups in total. The van der Waals surface area contributed by atoms with Crippen molar-refractivity contribution in [3.05, 3.63) is 82.2 Å². The zero-order valence-electron chi connectivity index (χ0n) is 18.3. The van der Waals surface area contributed by atoms with Crippen LogP contribution in [-0.2, 0) is 9.84 Å². The summed E-state index contributed by atoms with van der Waals surface area (Å²) >= 11 is 0. The van der Waals surface area contributed by atoms with Crippen LogP contribution >= 0.6 is 0 Å². The van der Waals surface area contributed by atoms with Gasteiger partial charge >= 0.3 is 0 Å². The molecule has 2 heterocycles. The number of aryl methyl sites for hydroxylation is 1. The van der Waals surface area contributed by atoms with Gasteiger partial charge in [0.1, 0.15) is 0 Å². The largest absolute Gasteiger partial charge is 0.348 e. The first-order chi connectivity index (χ1) is 15.2. The van der Waals surface area contributed by atoms with E-state index >= 15 is 0 Å². The topological polar surface area (TPSA) is 81.1 Å². The molecule has 0 spiro atoms. The van der Waals surface area contributed by atoms with Crippen molar-refractivity contribution in [1.29, 1.82) is 0 Å². The molecule has 6 nitrogen and oxygen atoms in total. The lowest BCUT2D eigenvalue weighted by molar-refractivity contribution is 0.0941. The van der Waals surface area contributed by atoms with Gasteiger partial charge in [-0.05, 0) is 63.1 Å². The average molecular weight is 448 g/mol. The second kappa shape index (κ2) is 8.64. The van der Waals surface area contributed by atoms with Crippen LogP contribution in [0.4, 0.5) is 0 Å². The monoisotopic (exact) mass is 447 g/mol. The Labute approximate surface area is 188 Å². The van der Waals surface area contributed by atoms with Crippen molar-refractivity contribution >= 4 is 15.7 Å². The minimum Gasteiger partial charge on any atom is -0.348 e. The van der Waals surface area contributed by atoms with Gasteiger partial charge in [0.15, 0.2) is 9.84 Å². The van der Waals surface area contributed by atoms with E-state index in [4.69, 9.17) is 0 Å². The second-order valence-electron chi connectivity index (χ2n) is 8.13. The van der Waals surface area contributed by atoms with Crippen LogP contribution in [0, 0.1) is 32.6 Å². The Morgan fingerprint density at radius 1 is 1.09 bits per heavy atom. The van der Waals surface area contributed by atoms with Crippen LogP contribution in [-0.4, -0.2) is 41.7 Å². The Kier molecular flexibility index (Phi) is 5.90. The van der Waals surface area contributed by atoms with Gasteiger partial charge in [-0.25, -0.2) is 13.1 Å². The molecule has 0 aliphatic carbocycles. The molecule has 1 fully saturated rings. The van der Waals surface area contributed by atoms with Crippen molar-refractivity contribution in [1.82, 2.24) is 15.1 Å². The molecule has 1 atom stereocenters. The van der Waals surface area contributed by atoms with Crippen LogP contribution in [0.2, 0.25) is 0 Å². The molecule has 1 aliphatic rings. The van der Waals surface area contributed by atoms with E-state index in [1.807, 2.05) is 61.9 Å². The highest BCUT2D eigenvalue weighted by molar-refractivity contribution is 7.91. The number of sulfone groups is 1. The van der Waals surface area contributed by atoms with Crippen molar-refractivity contribution in [2.45, 2.75) is 33.2 Å². The van der Waals surface area contributed by atoms with E-state index in [1.165, 1.54) is 0 Å². The fourth-order valence-electron chi connectivity index (χ4n) is 3.76. The van der Waals surface area contributed by atoms with Crippen LogP contribution in [0.5, 0.6) is 0 Å². The van der Waals surface area contributed by atoms with Gasteiger partial charge in [0.05, 0.1) is 28.5 Å². The molecule has 0 bridgehead atoms. The lowest BCUT2D eigenvalue weighted by Gasteiger charge is -2.13. The van der Waals surface area contributed by atoms with Gasteiger partial charge in [0, 0.05) is 22.9 Å². The normalized spacial score (nSPS) is 16.9. The highest BCUT2D eigenvalue weighted by Crippen LogP contribution is 2.22. The fourth-order valence-corrected chi connectivity index (χ4v) is 5.43. The lowest BCUT2D eigenvalue weighted by Crippen LogP contribution is -2.35.